The maximum atomic E-state index is 5.79. The summed E-state index contributed by atoms with van der Waals surface area (Å²) in [6.07, 6.45) is 0. The molecular formula is C12H14Cl2N2. The van der Waals surface area contributed by atoms with Crippen LogP contribution < -0.4 is 0 Å². The van der Waals surface area contributed by atoms with Gasteiger partial charge >= 0.3 is 0 Å². The molecular weight excluding hydrogens is 243 g/mol. The van der Waals surface area contributed by atoms with Gasteiger partial charge < -0.3 is 4.98 Å². The number of benzene rings is 1. The van der Waals surface area contributed by atoms with Crippen LogP contribution in [-0.4, -0.2) is 9.97 Å². The Morgan fingerprint density at radius 2 is 1.94 bits per heavy atom. The molecule has 2 rings (SSSR count). The molecule has 0 bridgehead atoms. The van der Waals surface area contributed by atoms with Crippen molar-refractivity contribution in [3.8, 4) is 11.4 Å². The molecule has 4 heteroatoms. The van der Waals surface area contributed by atoms with E-state index in [0.717, 1.165) is 22.8 Å². The van der Waals surface area contributed by atoms with Crippen molar-refractivity contribution in [2.24, 2.45) is 0 Å². The van der Waals surface area contributed by atoms with Gasteiger partial charge in [0.05, 0.1) is 11.6 Å². The highest BCUT2D eigenvalue weighted by atomic mass is 35.5. The number of halogens is 2. The number of nitrogens with one attached hydrogen (secondary N) is 1. The van der Waals surface area contributed by atoms with Gasteiger partial charge in [-0.05, 0) is 19.4 Å². The molecule has 0 aliphatic rings. The van der Waals surface area contributed by atoms with Crippen molar-refractivity contribution in [1.82, 2.24) is 9.97 Å². The highest BCUT2D eigenvalue weighted by Crippen LogP contribution is 2.21. The molecule has 0 saturated carbocycles. The molecule has 0 unspecified atom stereocenters. The molecule has 0 spiro atoms. The Bertz CT molecular complexity index is 478. The number of nitrogens with zero attached hydrogens (tertiary/aromatic N) is 1. The van der Waals surface area contributed by atoms with Gasteiger partial charge in [-0.15, -0.1) is 24.0 Å². The zero-order chi connectivity index (χ0) is 10.8. The first-order valence-corrected chi connectivity index (χ1v) is 5.43. The summed E-state index contributed by atoms with van der Waals surface area (Å²) in [7, 11) is 0. The zero-order valence-corrected chi connectivity index (χ0v) is 10.8. The number of hydrogen-bond donors (Lipinski definition) is 1. The molecule has 0 aliphatic carbocycles. The summed E-state index contributed by atoms with van der Waals surface area (Å²) in [5.41, 5.74) is 4.32. The van der Waals surface area contributed by atoms with E-state index >= 15 is 0 Å². The second-order valence-corrected chi connectivity index (χ2v) is 3.87. The van der Waals surface area contributed by atoms with Gasteiger partial charge in [0, 0.05) is 11.3 Å². The second-order valence-electron chi connectivity index (χ2n) is 3.61. The van der Waals surface area contributed by atoms with Crippen LogP contribution in [0.3, 0.4) is 0 Å². The van der Waals surface area contributed by atoms with E-state index in [1.54, 1.807) is 0 Å². The van der Waals surface area contributed by atoms with E-state index in [1.807, 2.05) is 19.1 Å². The summed E-state index contributed by atoms with van der Waals surface area (Å²) < 4.78 is 0. The first-order chi connectivity index (χ1) is 7.22. The average Bonchev–Trinajstić information content (AvgIpc) is 2.60. The molecule has 2 aromatic rings. The van der Waals surface area contributed by atoms with Crippen molar-refractivity contribution in [2.45, 2.75) is 19.7 Å². The molecule has 2 nitrogen and oxygen atoms in total. The monoisotopic (exact) mass is 256 g/mol. The van der Waals surface area contributed by atoms with E-state index in [2.05, 4.69) is 29.0 Å². The number of H-pyrrole nitrogens is 1. The molecule has 0 fully saturated rings. The summed E-state index contributed by atoms with van der Waals surface area (Å²) in [5, 5.41) is 0. The van der Waals surface area contributed by atoms with E-state index < -0.39 is 0 Å². The van der Waals surface area contributed by atoms with Gasteiger partial charge in [-0.25, -0.2) is 4.98 Å². The number of hydrogen-bond acceptors (Lipinski definition) is 1. The van der Waals surface area contributed by atoms with E-state index in [9.17, 15) is 0 Å². The maximum absolute atomic E-state index is 5.79. The first kappa shape index (κ1) is 13.1. The third-order valence-electron chi connectivity index (χ3n) is 2.51. The van der Waals surface area contributed by atoms with E-state index in [-0.39, 0.29) is 12.4 Å². The van der Waals surface area contributed by atoms with Gasteiger partial charge in [0.15, 0.2) is 0 Å². The summed E-state index contributed by atoms with van der Waals surface area (Å²) in [6, 6.07) is 8.18. The first-order valence-electron chi connectivity index (χ1n) is 4.90. The predicted molar refractivity (Wildman–Crippen MR) is 70.3 cm³/mol. The van der Waals surface area contributed by atoms with Crippen LogP contribution in [0.1, 0.15) is 17.0 Å². The minimum absolute atomic E-state index is 0. The van der Waals surface area contributed by atoms with Crippen molar-refractivity contribution in [2.75, 3.05) is 0 Å². The minimum Gasteiger partial charge on any atom is -0.342 e. The Labute approximate surface area is 106 Å². The average molecular weight is 257 g/mol. The van der Waals surface area contributed by atoms with Crippen molar-refractivity contribution in [3.63, 3.8) is 0 Å². The summed E-state index contributed by atoms with van der Waals surface area (Å²) in [6.45, 7) is 4.07. The fourth-order valence-corrected chi connectivity index (χ4v) is 1.85. The molecule has 0 aliphatic heterocycles. The van der Waals surface area contributed by atoms with Crippen LogP contribution in [0.5, 0.6) is 0 Å². The van der Waals surface area contributed by atoms with Crippen LogP contribution in [-0.2, 0) is 5.88 Å². The van der Waals surface area contributed by atoms with Crippen LogP contribution in [0.4, 0.5) is 0 Å². The largest absolute Gasteiger partial charge is 0.342 e. The van der Waals surface area contributed by atoms with Crippen molar-refractivity contribution in [3.05, 3.63) is 41.2 Å². The highest BCUT2D eigenvalue weighted by molar-refractivity contribution is 6.17. The Hall–Kier alpha value is -0.990. The molecule has 1 aromatic heterocycles. The number of aromatic nitrogens is 2. The Balaban J connectivity index is 0.00000128. The van der Waals surface area contributed by atoms with Crippen molar-refractivity contribution in [1.29, 1.82) is 0 Å². The molecule has 0 saturated heterocycles. The van der Waals surface area contributed by atoms with Crippen LogP contribution in [0, 0.1) is 13.8 Å². The minimum atomic E-state index is 0. The van der Waals surface area contributed by atoms with Crippen LogP contribution in [0.15, 0.2) is 24.3 Å². The number of imidazole rings is 1. The van der Waals surface area contributed by atoms with Crippen LogP contribution in [0.2, 0.25) is 0 Å². The van der Waals surface area contributed by atoms with Gasteiger partial charge in [0.25, 0.3) is 0 Å². The van der Waals surface area contributed by atoms with E-state index in [4.69, 9.17) is 11.6 Å². The zero-order valence-electron chi connectivity index (χ0n) is 9.25. The molecule has 1 aromatic carbocycles. The lowest BCUT2D eigenvalue weighted by Gasteiger charge is -2.00. The molecule has 86 valence electrons. The van der Waals surface area contributed by atoms with Gasteiger partial charge in [0.1, 0.15) is 5.82 Å². The van der Waals surface area contributed by atoms with Crippen LogP contribution >= 0.6 is 24.0 Å². The molecule has 1 N–H and O–H groups in total. The van der Waals surface area contributed by atoms with Gasteiger partial charge in [0.2, 0.25) is 0 Å². The van der Waals surface area contributed by atoms with Gasteiger partial charge in [-0.1, -0.05) is 24.3 Å². The summed E-state index contributed by atoms with van der Waals surface area (Å²) in [5.74, 6) is 1.36. The Morgan fingerprint density at radius 1 is 1.25 bits per heavy atom. The van der Waals surface area contributed by atoms with Gasteiger partial charge in [-0.2, -0.15) is 0 Å². The SMILES string of the molecule is Cc1ccccc1-c1nc(CCl)c(C)[nH]1.Cl. The van der Waals surface area contributed by atoms with Crippen molar-refractivity contribution >= 4 is 24.0 Å². The predicted octanol–water partition coefficient (Wildman–Crippen LogP) is 3.85. The number of alkyl halides is 1. The van der Waals surface area contributed by atoms with E-state index in [0.29, 0.717) is 5.88 Å². The molecule has 16 heavy (non-hydrogen) atoms. The third kappa shape index (κ3) is 2.39. The van der Waals surface area contributed by atoms with Gasteiger partial charge in [-0.3, -0.25) is 0 Å². The molecule has 0 amide bonds. The molecule has 0 atom stereocenters. The number of aromatic amines is 1. The quantitative estimate of drug-likeness (QED) is 0.813. The topological polar surface area (TPSA) is 28.7 Å². The lowest BCUT2D eigenvalue weighted by atomic mass is 10.1. The molecule has 1 heterocycles. The lowest BCUT2D eigenvalue weighted by molar-refractivity contribution is 1.18. The number of aryl methyl sites for hydroxylation is 2. The second kappa shape index (κ2) is 5.37. The normalized spacial score (nSPS) is 9.94. The smallest absolute Gasteiger partial charge is 0.138 e. The third-order valence-corrected chi connectivity index (χ3v) is 2.77. The Morgan fingerprint density at radius 3 is 2.50 bits per heavy atom. The fraction of sp³-hybridized carbons (Fsp3) is 0.250. The maximum Gasteiger partial charge on any atom is 0.138 e. The molecule has 0 radical (unpaired) electrons. The lowest BCUT2D eigenvalue weighted by Crippen LogP contribution is -1.84. The number of rotatable bonds is 2. The highest BCUT2D eigenvalue weighted by Gasteiger charge is 2.08. The standard InChI is InChI=1S/C12H13ClN2.ClH/c1-8-5-3-4-6-10(8)12-14-9(2)11(7-13)15-12;/h3-6H,7H2,1-2H3,(H,14,15);1H. The summed E-state index contributed by atoms with van der Waals surface area (Å²) >= 11 is 5.79. The van der Waals surface area contributed by atoms with E-state index in [1.165, 1.54) is 5.56 Å². The van der Waals surface area contributed by atoms with Crippen molar-refractivity contribution < 1.29 is 0 Å². The summed E-state index contributed by atoms with van der Waals surface area (Å²) in [4.78, 5) is 7.73. The van der Waals surface area contributed by atoms with Crippen LogP contribution in [0.25, 0.3) is 11.4 Å². The Kier molecular flexibility index (Phi) is 4.39. The fourth-order valence-electron chi connectivity index (χ4n) is 1.59.